The first-order chi connectivity index (χ1) is 18.4. The highest BCUT2D eigenvalue weighted by Gasteiger charge is 2.51. The molecule has 4 atom stereocenters. The third-order valence-corrected chi connectivity index (χ3v) is 9.53. The van der Waals surface area contributed by atoms with Crippen LogP contribution in [0.1, 0.15) is 50.2 Å². The Labute approximate surface area is 229 Å². The Morgan fingerprint density at radius 2 is 1.82 bits per heavy atom. The van der Waals surface area contributed by atoms with Crippen LogP contribution in [-0.4, -0.2) is 90.7 Å². The van der Waals surface area contributed by atoms with E-state index in [1.165, 1.54) is 11.1 Å². The van der Waals surface area contributed by atoms with E-state index in [9.17, 15) is 9.90 Å². The predicted octanol–water partition coefficient (Wildman–Crippen LogP) is 3.89. The zero-order valence-electron chi connectivity index (χ0n) is 23.3. The molecule has 1 aliphatic carbocycles. The number of nitrogens with one attached hydrogen (secondary N) is 1. The minimum atomic E-state index is -0.0208. The van der Waals surface area contributed by atoms with Gasteiger partial charge >= 0.3 is 0 Å². The van der Waals surface area contributed by atoms with Crippen LogP contribution in [0.15, 0.2) is 54.6 Å². The van der Waals surface area contributed by atoms with Crippen LogP contribution in [-0.2, 0) is 16.6 Å². The maximum atomic E-state index is 13.1. The Morgan fingerprint density at radius 3 is 2.58 bits per heavy atom. The predicted molar refractivity (Wildman–Crippen MR) is 153 cm³/mol. The number of aryl methyl sites for hydroxylation is 1. The molecular formula is C32H46N4O2. The summed E-state index contributed by atoms with van der Waals surface area (Å²) in [5, 5.41) is 13.8. The van der Waals surface area contributed by atoms with E-state index in [-0.39, 0.29) is 17.4 Å². The van der Waals surface area contributed by atoms with Gasteiger partial charge < -0.3 is 20.2 Å². The molecule has 2 saturated heterocycles. The van der Waals surface area contributed by atoms with Gasteiger partial charge in [-0.3, -0.25) is 9.69 Å². The van der Waals surface area contributed by atoms with Gasteiger partial charge in [-0.25, -0.2) is 0 Å². The fourth-order valence-electron chi connectivity index (χ4n) is 7.28. The van der Waals surface area contributed by atoms with Crippen molar-refractivity contribution in [3.05, 3.63) is 65.7 Å². The molecule has 1 amide bonds. The lowest BCUT2D eigenvalue weighted by Gasteiger charge is -2.56. The van der Waals surface area contributed by atoms with Crippen LogP contribution in [0.4, 0.5) is 0 Å². The van der Waals surface area contributed by atoms with Crippen molar-refractivity contribution in [2.75, 3.05) is 52.9 Å². The van der Waals surface area contributed by atoms with Gasteiger partial charge in [-0.2, -0.15) is 0 Å². The first-order valence-electron chi connectivity index (χ1n) is 14.7. The van der Waals surface area contributed by atoms with Gasteiger partial charge in [0.15, 0.2) is 0 Å². The number of likely N-dealkylation sites (tertiary alicyclic amines) is 1. The first-order valence-corrected chi connectivity index (χ1v) is 14.7. The first kappa shape index (κ1) is 27.2. The molecule has 2 aromatic rings. The van der Waals surface area contributed by atoms with E-state index < -0.39 is 0 Å². The molecule has 5 rings (SSSR count). The number of piperazine rings is 1. The average molecular weight is 519 g/mol. The summed E-state index contributed by atoms with van der Waals surface area (Å²) >= 11 is 0. The highest BCUT2D eigenvalue weighted by atomic mass is 16.3. The molecule has 3 fully saturated rings. The van der Waals surface area contributed by atoms with Crippen molar-refractivity contribution in [3.63, 3.8) is 0 Å². The van der Waals surface area contributed by atoms with Gasteiger partial charge in [0, 0.05) is 63.2 Å². The minimum Gasteiger partial charge on any atom is -0.508 e. The van der Waals surface area contributed by atoms with Gasteiger partial charge in [-0.1, -0.05) is 49.4 Å². The molecule has 0 aromatic heterocycles. The van der Waals surface area contributed by atoms with E-state index in [1.54, 1.807) is 6.07 Å². The summed E-state index contributed by atoms with van der Waals surface area (Å²) in [6, 6.07) is 19.3. The smallest absolute Gasteiger partial charge is 0.221 e. The molecule has 38 heavy (non-hydrogen) atoms. The molecule has 0 spiro atoms. The third kappa shape index (κ3) is 6.41. The lowest BCUT2D eigenvalue weighted by Crippen LogP contribution is -2.61. The minimum absolute atomic E-state index is 0.0208. The average Bonchev–Trinajstić information content (AvgIpc) is 2.92. The number of fused-ring (bicyclic) bond motifs is 2. The number of amides is 1. The van der Waals surface area contributed by atoms with Crippen LogP contribution < -0.4 is 5.32 Å². The number of piperidine rings is 1. The topological polar surface area (TPSA) is 59.1 Å². The second-order valence-corrected chi connectivity index (χ2v) is 12.1. The number of rotatable bonds is 9. The van der Waals surface area contributed by atoms with E-state index in [0.29, 0.717) is 24.1 Å². The number of nitrogens with zero attached hydrogens (tertiary/aromatic N) is 3. The molecule has 3 aliphatic rings. The van der Waals surface area contributed by atoms with Crippen molar-refractivity contribution in [2.24, 2.45) is 5.92 Å². The summed E-state index contributed by atoms with van der Waals surface area (Å²) in [6.45, 7) is 9.63. The Bertz CT molecular complexity index is 1050. The monoisotopic (exact) mass is 518 g/mol. The van der Waals surface area contributed by atoms with Crippen LogP contribution in [0.2, 0.25) is 0 Å². The maximum absolute atomic E-state index is 13.1. The van der Waals surface area contributed by atoms with Crippen LogP contribution >= 0.6 is 0 Å². The summed E-state index contributed by atoms with van der Waals surface area (Å²) in [5.41, 5.74) is 2.61. The summed E-state index contributed by atoms with van der Waals surface area (Å²) < 4.78 is 0. The number of hydrogen-bond acceptors (Lipinski definition) is 5. The van der Waals surface area contributed by atoms with Gasteiger partial charge in [-0.15, -0.1) is 0 Å². The van der Waals surface area contributed by atoms with Crippen LogP contribution in [0.3, 0.4) is 0 Å². The quantitative estimate of drug-likeness (QED) is 0.528. The number of phenolic OH excluding ortho intramolecular Hbond substituents is 1. The molecule has 0 unspecified atom stereocenters. The number of phenols is 1. The van der Waals surface area contributed by atoms with Gasteiger partial charge in [-0.05, 0) is 74.9 Å². The zero-order chi connectivity index (χ0) is 26.5. The van der Waals surface area contributed by atoms with Crippen molar-refractivity contribution in [3.8, 4) is 5.75 Å². The standard InChI is InChI=1S/C32H46N4O2/c1-25-24-36(14-7-10-26-8-4-3-5-9-26)29-21-28(22-32(25,23-29)27-11-6-12-30(37)20-27)33-31(38)13-15-35-18-16-34(2)17-19-35/h3-6,8-9,11-12,20,25,28-29,37H,7,10,13-19,21-24H2,1-2H3,(H,33,38)/t25-,28+,29+,32+/m1/s1. The second-order valence-electron chi connectivity index (χ2n) is 12.1. The van der Waals surface area contributed by atoms with Crippen LogP contribution in [0.5, 0.6) is 5.75 Å². The van der Waals surface area contributed by atoms with E-state index >= 15 is 0 Å². The van der Waals surface area contributed by atoms with Crippen LogP contribution in [0.25, 0.3) is 0 Å². The van der Waals surface area contributed by atoms with Gasteiger partial charge in [0.25, 0.3) is 0 Å². The number of benzene rings is 2. The fourth-order valence-corrected chi connectivity index (χ4v) is 7.28. The van der Waals surface area contributed by atoms with Crippen molar-refractivity contribution >= 4 is 5.91 Å². The molecule has 6 heteroatoms. The number of hydrogen-bond donors (Lipinski definition) is 2. The zero-order valence-corrected chi connectivity index (χ0v) is 23.3. The van der Waals surface area contributed by atoms with E-state index in [2.05, 4.69) is 70.4 Å². The Balaban J connectivity index is 1.26. The molecule has 2 heterocycles. The molecule has 2 bridgehead atoms. The van der Waals surface area contributed by atoms with Crippen molar-refractivity contribution in [1.29, 1.82) is 0 Å². The van der Waals surface area contributed by atoms with E-state index in [1.807, 2.05) is 12.1 Å². The molecule has 2 N–H and O–H groups in total. The SMILES string of the molecule is C[C@@H]1CN(CCCc2ccccc2)[C@H]2C[C@H](NC(=O)CCN3CCN(C)CC3)C[C@]1(c1cccc(O)c1)C2. The Hall–Kier alpha value is -2.41. The van der Waals surface area contributed by atoms with Gasteiger partial charge in [0.1, 0.15) is 5.75 Å². The summed E-state index contributed by atoms with van der Waals surface area (Å²) in [4.78, 5) is 20.6. The van der Waals surface area contributed by atoms with E-state index in [0.717, 1.165) is 77.9 Å². The second kappa shape index (κ2) is 12.2. The maximum Gasteiger partial charge on any atom is 0.221 e. The number of likely N-dealkylation sites (N-methyl/N-ethyl adjacent to an activating group) is 1. The van der Waals surface area contributed by atoms with E-state index in [4.69, 9.17) is 0 Å². The molecule has 2 aromatic carbocycles. The highest BCUT2D eigenvalue weighted by Crippen LogP contribution is 2.50. The highest BCUT2D eigenvalue weighted by molar-refractivity contribution is 5.76. The van der Waals surface area contributed by atoms with Gasteiger partial charge in [0.05, 0.1) is 0 Å². The van der Waals surface area contributed by atoms with Crippen LogP contribution in [0, 0.1) is 5.92 Å². The third-order valence-electron chi connectivity index (χ3n) is 9.53. The Kier molecular flexibility index (Phi) is 8.71. The lowest BCUT2D eigenvalue weighted by atomic mass is 9.57. The number of aromatic hydroxyl groups is 1. The Morgan fingerprint density at radius 1 is 1.03 bits per heavy atom. The van der Waals surface area contributed by atoms with Crippen molar-refractivity contribution in [1.82, 2.24) is 20.0 Å². The molecule has 1 saturated carbocycles. The fraction of sp³-hybridized carbons (Fsp3) is 0.594. The summed E-state index contributed by atoms with van der Waals surface area (Å²) in [7, 11) is 2.16. The molecular weight excluding hydrogens is 472 g/mol. The van der Waals surface area contributed by atoms with Gasteiger partial charge in [0.2, 0.25) is 5.91 Å². The normalized spacial score (nSPS) is 28.7. The number of carbonyl (C=O) groups is 1. The number of carbonyl (C=O) groups excluding carboxylic acids is 1. The molecule has 206 valence electrons. The van der Waals surface area contributed by atoms with Crippen molar-refractivity contribution < 1.29 is 9.90 Å². The summed E-state index contributed by atoms with van der Waals surface area (Å²) in [5.74, 6) is 0.967. The summed E-state index contributed by atoms with van der Waals surface area (Å²) in [6.07, 6.45) is 5.87. The molecule has 0 radical (unpaired) electrons. The van der Waals surface area contributed by atoms with Crippen molar-refractivity contribution in [2.45, 2.75) is 62.9 Å². The lowest BCUT2D eigenvalue weighted by molar-refractivity contribution is -0.123. The molecule has 6 nitrogen and oxygen atoms in total. The largest absolute Gasteiger partial charge is 0.508 e. The molecule has 2 aliphatic heterocycles.